The Bertz CT molecular complexity index is 797. The Morgan fingerprint density at radius 1 is 1.15 bits per heavy atom. The molecule has 3 nitrogen and oxygen atoms in total. The van der Waals surface area contributed by atoms with Crippen molar-refractivity contribution in [1.29, 1.82) is 0 Å². The Labute approximate surface area is 125 Å². The second kappa shape index (κ2) is 5.15. The zero-order valence-electron chi connectivity index (χ0n) is 10.4. The van der Waals surface area contributed by atoms with Crippen molar-refractivity contribution in [3.05, 3.63) is 58.4 Å². The van der Waals surface area contributed by atoms with Gasteiger partial charge in [-0.25, -0.2) is 0 Å². The molecule has 0 radical (unpaired) electrons. The molecule has 5 heteroatoms. The summed E-state index contributed by atoms with van der Waals surface area (Å²) in [6, 6.07) is 14.5. The van der Waals surface area contributed by atoms with Crippen molar-refractivity contribution in [3.63, 3.8) is 0 Å². The van der Waals surface area contributed by atoms with Gasteiger partial charge in [-0.3, -0.25) is 4.79 Å². The van der Waals surface area contributed by atoms with Crippen LogP contribution in [0.3, 0.4) is 0 Å². The normalized spacial score (nSPS) is 10.7. The van der Waals surface area contributed by atoms with Crippen LogP contribution < -0.4 is 11.1 Å². The maximum absolute atomic E-state index is 12.2. The van der Waals surface area contributed by atoms with E-state index in [0.29, 0.717) is 21.3 Å². The molecule has 1 amide bonds. The Morgan fingerprint density at radius 2 is 2.00 bits per heavy atom. The minimum Gasteiger partial charge on any atom is -0.399 e. The Kier molecular flexibility index (Phi) is 3.34. The van der Waals surface area contributed by atoms with Crippen molar-refractivity contribution in [3.8, 4) is 0 Å². The van der Waals surface area contributed by atoms with Crippen LogP contribution in [0.4, 0.5) is 11.4 Å². The van der Waals surface area contributed by atoms with Crippen molar-refractivity contribution in [2.24, 2.45) is 0 Å². The van der Waals surface area contributed by atoms with Gasteiger partial charge in [0.1, 0.15) is 0 Å². The molecule has 1 heterocycles. The third kappa shape index (κ3) is 2.61. The molecule has 0 unspecified atom stereocenters. The molecule has 0 aliphatic carbocycles. The minimum absolute atomic E-state index is 0.146. The number of hydrogen-bond donors (Lipinski definition) is 2. The summed E-state index contributed by atoms with van der Waals surface area (Å²) in [7, 11) is 0. The summed E-state index contributed by atoms with van der Waals surface area (Å²) in [5.74, 6) is -0.146. The molecule has 1 aromatic heterocycles. The molecular weight excluding hydrogens is 292 g/mol. The maximum atomic E-state index is 12.2. The molecule has 0 bridgehead atoms. The van der Waals surface area contributed by atoms with Gasteiger partial charge in [0.25, 0.3) is 5.91 Å². The number of amides is 1. The number of nitrogens with two attached hydrogens (primary N) is 1. The van der Waals surface area contributed by atoms with Gasteiger partial charge >= 0.3 is 0 Å². The van der Waals surface area contributed by atoms with E-state index in [4.69, 9.17) is 17.3 Å². The average molecular weight is 303 g/mol. The highest BCUT2D eigenvalue weighted by Crippen LogP contribution is 2.28. The van der Waals surface area contributed by atoms with Gasteiger partial charge in [-0.2, -0.15) is 0 Å². The summed E-state index contributed by atoms with van der Waals surface area (Å²) in [6.45, 7) is 0. The van der Waals surface area contributed by atoms with E-state index >= 15 is 0 Å². The van der Waals surface area contributed by atoms with Gasteiger partial charge in [-0.05, 0) is 47.9 Å². The van der Waals surface area contributed by atoms with Crippen LogP contribution in [0.2, 0.25) is 5.02 Å². The van der Waals surface area contributed by atoms with E-state index in [1.807, 2.05) is 24.3 Å². The summed E-state index contributed by atoms with van der Waals surface area (Å²) in [5, 5.41) is 4.40. The van der Waals surface area contributed by atoms with Crippen LogP contribution >= 0.6 is 22.9 Å². The largest absolute Gasteiger partial charge is 0.399 e. The van der Waals surface area contributed by atoms with Crippen LogP contribution in [0.15, 0.2) is 48.5 Å². The van der Waals surface area contributed by atoms with Crippen LogP contribution in [-0.4, -0.2) is 5.91 Å². The number of benzene rings is 2. The van der Waals surface area contributed by atoms with Crippen molar-refractivity contribution < 1.29 is 4.79 Å². The SMILES string of the molecule is Nc1ccc2sc(C(=O)Nc3cccc(Cl)c3)cc2c1. The molecule has 3 N–H and O–H groups in total. The first kappa shape index (κ1) is 13.0. The van der Waals surface area contributed by atoms with E-state index in [1.165, 1.54) is 11.3 Å². The monoisotopic (exact) mass is 302 g/mol. The zero-order chi connectivity index (χ0) is 14.1. The highest BCUT2D eigenvalue weighted by Gasteiger charge is 2.10. The lowest BCUT2D eigenvalue weighted by molar-refractivity contribution is 0.103. The third-order valence-corrected chi connectivity index (χ3v) is 4.20. The second-order valence-electron chi connectivity index (χ2n) is 4.37. The predicted octanol–water partition coefficient (Wildman–Crippen LogP) is 4.39. The Balaban J connectivity index is 1.88. The smallest absolute Gasteiger partial charge is 0.265 e. The van der Waals surface area contributed by atoms with Gasteiger partial charge in [0.2, 0.25) is 0 Å². The number of carbonyl (C=O) groups excluding carboxylic acids is 1. The van der Waals surface area contributed by atoms with Crippen LogP contribution in [0, 0.1) is 0 Å². The number of nitrogen functional groups attached to an aromatic ring is 1. The van der Waals surface area contributed by atoms with E-state index in [9.17, 15) is 4.79 Å². The average Bonchev–Trinajstić information content (AvgIpc) is 2.81. The van der Waals surface area contributed by atoms with Crippen molar-refractivity contribution in [2.45, 2.75) is 0 Å². The Hall–Kier alpha value is -2.04. The predicted molar refractivity (Wildman–Crippen MR) is 85.6 cm³/mol. The van der Waals surface area contributed by atoms with Gasteiger partial charge < -0.3 is 11.1 Å². The molecule has 0 spiro atoms. The van der Waals surface area contributed by atoms with E-state index in [1.54, 1.807) is 24.3 Å². The van der Waals surface area contributed by atoms with Crippen molar-refractivity contribution in [2.75, 3.05) is 11.1 Å². The van der Waals surface area contributed by atoms with Crippen LogP contribution in [-0.2, 0) is 0 Å². The molecule has 2 aromatic carbocycles. The highest BCUT2D eigenvalue weighted by atomic mass is 35.5. The molecule has 20 heavy (non-hydrogen) atoms. The number of thiophene rings is 1. The first-order valence-corrected chi connectivity index (χ1v) is 7.17. The zero-order valence-corrected chi connectivity index (χ0v) is 12.0. The summed E-state index contributed by atoms with van der Waals surface area (Å²) < 4.78 is 1.04. The molecule has 0 aliphatic heterocycles. The summed E-state index contributed by atoms with van der Waals surface area (Å²) >= 11 is 7.33. The number of carbonyl (C=O) groups is 1. The van der Waals surface area contributed by atoms with Crippen molar-refractivity contribution in [1.82, 2.24) is 0 Å². The minimum atomic E-state index is -0.146. The topological polar surface area (TPSA) is 55.1 Å². The number of halogens is 1. The quantitative estimate of drug-likeness (QED) is 0.690. The number of hydrogen-bond acceptors (Lipinski definition) is 3. The maximum Gasteiger partial charge on any atom is 0.265 e. The summed E-state index contributed by atoms with van der Waals surface area (Å²) in [6.07, 6.45) is 0. The van der Waals surface area contributed by atoms with Gasteiger partial charge in [0.15, 0.2) is 0 Å². The fourth-order valence-corrected chi connectivity index (χ4v) is 3.06. The standard InChI is InChI=1S/C15H11ClN2OS/c16-10-2-1-3-12(8-10)18-15(19)14-7-9-6-11(17)4-5-13(9)20-14/h1-8H,17H2,(H,18,19). The molecule has 0 fully saturated rings. The van der Waals surface area contributed by atoms with Gasteiger partial charge in [-0.15, -0.1) is 11.3 Å². The van der Waals surface area contributed by atoms with Crippen LogP contribution in [0.5, 0.6) is 0 Å². The van der Waals surface area contributed by atoms with E-state index in [2.05, 4.69) is 5.32 Å². The summed E-state index contributed by atoms with van der Waals surface area (Å²) in [4.78, 5) is 12.8. The molecule has 0 saturated carbocycles. The van der Waals surface area contributed by atoms with Gasteiger partial charge in [-0.1, -0.05) is 17.7 Å². The van der Waals surface area contributed by atoms with E-state index < -0.39 is 0 Å². The fourth-order valence-electron chi connectivity index (χ4n) is 1.93. The molecule has 3 rings (SSSR count). The first-order valence-electron chi connectivity index (χ1n) is 5.98. The second-order valence-corrected chi connectivity index (χ2v) is 5.89. The highest BCUT2D eigenvalue weighted by molar-refractivity contribution is 7.20. The van der Waals surface area contributed by atoms with Gasteiger partial charge in [0.05, 0.1) is 4.88 Å². The lowest BCUT2D eigenvalue weighted by Crippen LogP contribution is -2.09. The number of anilines is 2. The molecule has 0 saturated heterocycles. The fraction of sp³-hybridized carbons (Fsp3) is 0. The van der Waals surface area contributed by atoms with E-state index in [-0.39, 0.29) is 5.91 Å². The molecule has 0 atom stereocenters. The third-order valence-electron chi connectivity index (χ3n) is 2.85. The molecule has 100 valence electrons. The lowest BCUT2D eigenvalue weighted by atomic mass is 10.2. The number of rotatable bonds is 2. The van der Waals surface area contributed by atoms with Gasteiger partial charge in [0, 0.05) is 21.1 Å². The van der Waals surface area contributed by atoms with Crippen molar-refractivity contribution >= 4 is 50.3 Å². The van der Waals surface area contributed by atoms with E-state index in [0.717, 1.165) is 10.1 Å². The summed E-state index contributed by atoms with van der Waals surface area (Å²) in [5.41, 5.74) is 7.11. The lowest BCUT2D eigenvalue weighted by Gasteiger charge is -2.03. The van der Waals surface area contributed by atoms with Crippen LogP contribution in [0.25, 0.3) is 10.1 Å². The molecular formula is C15H11ClN2OS. The number of fused-ring (bicyclic) bond motifs is 1. The molecule has 0 aliphatic rings. The Morgan fingerprint density at radius 3 is 2.80 bits per heavy atom. The first-order chi connectivity index (χ1) is 9.61. The number of nitrogens with one attached hydrogen (secondary N) is 1. The van der Waals surface area contributed by atoms with Crippen LogP contribution in [0.1, 0.15) is 9.67 Å². The molecule has 3 aromatic rings.